The molecule has 6 nitrogen and oxygen atoms in total. The molecule has 6 heteroatoms. The van der Waals surface area contributed by atoms with Crippen LogP contribution in [0.3, 0.4) is 0 Å². The summed E-state index contributed by atoms with van der Waals surface area (Å²) in [6.45, 7) is 6.21. The molecule has 1 atom stereocenters. The van der Waals surface area contributed by atoms with Crippen LogP contribution in [0.4, 0.5) is 0 Å². The van der Waals surface area contributed by atoms with Crippen molar-refractivity contribution in [1.82, 2.24) is 16.0 Å². The molecule has 1 heterocycles. The minimum atomic E-state index is -0.501. The van der Waals surface area contributed by atoms with E-state index >= 15 is 0 Å². The lowest BCUT2D eigenvalue weighted by Crippen LogP contribution is -2.51. The van der Waals surface area contributed by atoms with Crippen molar-refractivity contribution in [2.45, 2.75) is 32.7 Å². The van der Waals surface area contributed by atoms with Crippen LogP contribution in [-0.4, -0.2) is 51.2 Å². The summed E-state index contributed by atoms with van der Waals surface area (Å²) < 4.78 is 5.29. The molecule has 1 fully saturated rings. The third-order valence-electron chi connectivity index (χ3n) is 3.57. The summed E-state index contributed by atoms with van der Waals surface area (Å²) in [5.41, 5.74) is 0.00556. The first-order chi connectivity index (χ1) is 8.99. The molecule has 0 spiro atoms. The van der Waals surface area contributed by atoms with E-state index in [0.29, 0.717) is 13.2 Å². The first-order valence-corrected chi connectivity index (χ1v) is 6.73. The van der Waals surface area contributed by atoms with Crippen molar-refractivity contribution in [1.29, 1.82) is 0 Å². The molecule has 110 valence electrons. The molecule has 1 aliphatic rings. The Hall–Kier alpha value is -1.14. The van der Waals surface area contributed by atoms with Crippen LogP contribution >= 0.6 is 0 Å². The third-order valence-corrected chi connectivity index (χ3v) is 3.57. The Morgan fingerprint density at radius 2 is 2.00 bits per heavy atom. The smallest absolute Gasteiger partial charge is 0.242 e. The molecular weight excluding hydrogens is 246 g/mol. The van der Waals surface area contributed by atoms with E-state index in [1.165, 1.54) is 6.92 Å². The number of hydrogen-bond acceptors (Lipinski definition) is 4. The molecule has 0 aromatic carbocycles. The monoisotopic (exact) mass is 271 g/mol. The van der Waals surface area contributed by atoms with Crippen molar-refractivity contribution in [3.63, 3.8) is 0 Å². The van der Waals surface area contributed by atoms with Gasteiger partial charge in [-0.05, 0) is 32.9 Å². The highest BCUT2D eigenvalue weighted by atomic mass is 16.5. The standard InChI is InChI=1S/C13H25N3O3/c1-10(16-11(2)17)12(18)15-8-13(9-19-3)4-6-14-7-5-13/h10,14H,4-9H2,1-3H3,(H,15,18)(H,16,17). The Balaban J connectivity index is 2.47. The van der Waals surface area contributed by atoms with Crippen LogP contribution in [0.1, 0.15) is 26.7 Å². The average Bonchev–Trinajstić information content (AvgIpc) is 2.36. The number of nitrogens with one attached hydrogen (secondary N) is 3. The van der Waals surface area contributed by atoms with Crippen molar-refractivity contribution >= 4 is 11.8 Å². The molecule has 0 aromatic rings. The maximum absolute atomic E-state index is 11.9. The van der Waals surface area contributed by atoms with Crippen molar-refractivity contribution in [3.8, 4) is 0 Å². The highest BCUT2D eigenvalue weighted by Crippen LogP contribution is 2.28. The zero-order chi connectivity index (χ0) is 14.3. The van der Waals surface area contributed by atoms with E-state index in [2.05, 4.69) is 16.0 Å². The van der Waals surface area contributed by atoms with Gasteiger partial charge in [-0.1, -0.05) is 0 Å². The summed E-state index contributed by atoms with van der Waals surface area (Å²) in [5, 5.41) is 8.81. The average molecular weight is 271 g/mol. The van der Waals surface area contributed by atoms with E-state index < -0.39 is 6.04 Å². The van der Waals surface area contributed by atoms with E-state index in [-0.39, 0.29) is 17.2 Å². The fraction of sp³-hybridized carbons (Fsp3) is 0.846. The second-order valence-corrected chi connectivity index (χ2v) is 5.32. The molecule has 0 radical (unpaired) electrons. The van der Waals surface area contributed by atoms with Gasteiger partial charge in [-0.25, -0.2) is 0 Å². The summed E-state index contributed by atoms with van der Waals surface area (Å²) >= 11 is 0. The van der Waals surface area contributed by atoms with E-state index in [0.717, 1.165) is 25.9 Å². The van der Waals surface area contributed by atoms with Crippen LogP contribution in [0.2, 0.25) is 0 Å². The molecule has 19 heavy (non-hydrogen) atoms. The van der Waals surface area contributed by atoms with Crippen molar-refractivity contribution in [3.05, 3.63) is 0 Å². The first kappa shape index (κ1) is 15.9. The highest BCUT2D eigenvalue weighted by molar-refractivity contribution is 5.86. The Morgan fingerprint density at radius 1 is 1.37 bits per heavy atom. The number of carbonyl (C=O) groups excluding carboxylic acids is 2. The minimum absolute atomic E-state index is 0.00556. The van der Waals surface area contributed by atoms with Crippen molar-refractivity contribution in [2.75, 3.05) is 33.4 Å². The van der Waals surface area contributed by atoms with E-state index in [9.17, 15) is 9.59 Å². The fourth-order valence-electron chi connectivity index (χ4n) is 2.43. The predicted molar refractivity (Wildman–Crippen MR) is 72.7 cm³/mol. The summed E-state index contributed by atoms with van der Waals surface area (Å²) in [7, 11) is 1.69. The van der Waals surface area contributed by atoms with Gasteiger partial charge in [0.05, 0.1) is 6.61 Å². The topological polar surface area (TPSA) is 79.5 Å². The number of rotatable bonds is 6. The number of methoxy groups -OCH3 is 1. The predicted octanol–water partition coefficient (Wildman–Crippen LogP) is -0.357. The number of carbonyl (C=O) groups is 2. The molecule has 0 saturated carbocycles. The Labute approximate surface area is 114 Å². The quantitative estimate of drug-likeness (QED) is 0.616. The van der Waals surface area contributed by atoms with Crippen molar-refractivity contribution < 1.29 is 14.3 Å². The maximum atomic E-state index is 11.9. The van der Waals surface area contributed by atoms with Gasteiger partial charge < -0.3 is 20.7 Å². The van der Waals surface area contributed by atoms with Gasteiger partial charge in [0.15, 0.2) is 0 Å². The van der Waals surface area contributed by atoms with Gasteiger partial charge in [0.25, 0.3) is 0 Å². The van der Waals surface area contributed by atoms with Gasteiger partial charge in [0.1, 0.15) is 6.04 Å². The van der Waals surface area contributed by atoms with Crippen molar-refractivity contribution in [2.24, 2.45) is 5.41 Å². The number of amides is 2. The van der Waals surface area contributed by atoms with Crippen LogP contribution < -0.4 is 16.0 Å². The number of ether oxygens (including phenoxy) is 1. The number of piperidine rings is 1. The molecule has 1 unspecified atom stereocenters. The number of hydrogen-bond donors (Lipinski definition) is 3. The summed E-state index contributed by atoms with van der Waals surface area (Å²) in [6.07, 6.45) is 1.96. The zero-order valence-electron chi connectivity index (χ0n) is 12.0. The molecule has 1 saturated heterocycles. The lowest BCUT2D eigenvalue weighted by atomic mass is 9.79. The van der Waals surface area contributed by atoms with E-state index in [1.54, 1.807) is 14.0 Å². The SMILES string of the molecule is COCC1(CNC(=O)C(C)NC(C)=O)CCNCC1. The molecule has 1 rings (SSSR count). The normalized spacial score (nSPS) is 19.5. The third kappa shape index (κ3) is 5.16. The molecule has 1 aliphatic heterocycles. The Morgan fingerprint density at radius 3 is 2.53 bits per heavy atom. The lowest BCUT2D eigenvalue weighted by Gasteiger charge is -2.37. The minimum Gasteiger partial charge on any atom is -0.384 e. The van der Waals surface area contributed by atoms with Gasteiger partial charge in [0, 0.05) is 26.0 Å². The van der Waals surface area contributed by atoms with E-state index in [1.807, 2.05) is 0 Å². The molecular formula is C13H25N3O3. The van der Waals surface area contributed by atoms with Gasteiger partial charge in [-0.15, -0.1) is 0 Å². The maximum Gasteiger partial charge on any atom is 0.242 e. The second-order valence-electron chi connectivity index (χ2n) is 5.32. The van der Waals surface area contributed by atoms with E-state index in [4.69, 9.17) is 4.74 Å². The molecule has 3 N–H and O–H groups in total. The van der Waals surface area contributed by atoms with Crippen LogP contribution in [0.5, 0.6) is 0 Å². The molecule has 0 bridgehead atoms. The second kappa shape index (κ2) is 7.45. The molecule has 2 amide bonds. The molecule has 0 aliphatic carbocycles. The fourth-order valence-corrected chi connectivity index (χ4v) is 2.43. The highest BCUT2D eigenvalue weighted by Gasteiger charge is 2.32. The first-order valence-electron chi connectivity index (χ1n) is 6.73. The zero-order valence-corrected chi connectivity index (χ0v) is 12.0. The summed E-state index contributed by atoms with van der Waals surface area (Å²) in [6, 6.07) is -0.501. The van der Waals surface area contributed by atoms with Gasteiger partial charge in [-0.2, -0.15) is 0 Å². The van der Waals surface area contributed by atoms with Gasteiger partial charge >= 0.3 is 0 Å². The van der Waals surface area contributed by atoms with Crippen LogP contribution in [0, 0.1) is 5.41 Å². The van der Waals surface area contributed by atoms with Gasteiger partial charge in [-0.3, -0.25) is 9.59 Å². The lowest BCUT2D eigenvalue weighted by molar-refractivity contribution is -0.128. The Kier molecular flexibility index (Phi) is 6.24. The van der Waals surface area contributed by atoms with Crippen LogP contribution in [-0.2, 0) is 14.3 Å². The molecule has 0 aromatic heterocycles. The largest absolute Gasteiger partial charge is 0.384 e. The van der Waals surface area contributed by atoms with Crippen LogP contribution in [0.25, 0.3) is 0 Å². The Bertz CT molecular complexity index is 309. The summed E-state index contributed by atoms with van der Waals surface area (Å²) in [4.78, 5) is 22.8. The van der Waals surface area contributed by atoms with Crippen LogP contribution in [0.15, 0.2) is 0 Å². The summed E-state index contributed by atoms with van der Waals surface area (Å²) in [5.74, 6) is -0.347. The van der Waals surface area contributed by atoms with Gasteiger partial charge in [0.2, 0.25) is 11.8 Å².